The van der Waals surface area contributed by atoms with Crippen molar-refractivity contribution in [2.75, 3.05) is 0 Å². The van der Waals surface area contributed by atoms with E-state index in [4.69, 9.17) is 0 Å². The molecule has 0 saturated heterocycles. The van der Waals surface area contributed by atoms with Gasteiger partial charge >= 0.3 is 25.2 Å². The van der Waals surface area contributed by atoms with Crippen molar-refractivity contribution in [3.05, 3.63) is 0 Å². The molecule has 0 radical (unpaired) electrons. The van der Waals surface area contributed by atoms with Gasteiger partial charge in [-0.2, -0.15) is 0 Å². The monoisotopic (exact) mass is 124 g/mol. The molecule has 0 aliphatic heterocycles. The van der Waals surface area contributed by atoms with Gasteiger partial charge in [-0.15, -0.1) is 12.8 Å². The third kappa shape index (κ3) is 32.6. The molecule has 0 saturated carbocycles. The molecule has 0 aromatic carbocycles. The van der Waals surface area contributed by atoms with Gasteiger partial charge in [0, 0.05) is 0 Å². The van der Waals surface area contributed by atoms with E-state index in [2.05, 4.69) is 38.0 Å². The SMILES string of the molecule is C#C.[Cl][Cu]. The molecule has 0 aliphatic rings. The van der Waals surface area contributed by atoms with Gasteiger partial charge in [0.1, 0.15) is 0 Å². The summed E-state index contributed by atoms with van der Waals surface area (Å²) in [6, 6.07) is 0. The number of halogens is 1. The van der Waals surface area contributed by atoms with Gasteiger partial charge < -0.3 is 0 Å². The third-order valence-corrected chi connectivity index (χ3v) is 0. The van der Waals surface area contributed by atoms with Crippen LogP contribution in [0.5, 0.6) is 0 Å². The fraction of sp³-hybridized carbons (Fsp3) is 0. The normalized spacial score (nSPS) is 2.25. The van der Waals surface area contributed by atoms with Crippen molar-refractivity contribution >= 4 is 10.1 Å². The number of rotatable bonds is 0. The maximum absolute atomic E-state index is 4.20. The van der Waals surface area contributed by atoms with Crippen molar-refractivity contribution in [1.29, 1.82) is 0 Å². The Morgan fingerprint density at radius 1 is 1.25 bits per heavy atom. The standard InChI is InChI=1S/C2H2.ClH.Cu/c1-2;;/h1-2H;1H;/q;;+1/p-1. The summed E-state index contributed by atoms with van der Waals surface area (Å²) >= 11 is 3.66. The second kappa shape index (κ2) is 139. The van der Waals surface area contributed by atoms with Crippen LogP contribution in [0, 0.1) is 12.8 Å². The van der Waals surface area contributed by atoms with Crippen LogP contribution in [0.25, 0.3) is 0 Å². The van der Waals surface area contributed by atoms with E-state index < -0.39 is 0 Å². The van der Waals surface area contributed by atoms with Crippen LogP contribution in [0.1, 0.15) is 0 Å². The van der Waals surface area contributed by atoms with E-state index in [0.717, 1.165) is 0 Å². The molecule has 0 aromatic rings. The quantitative estimate of drug-likeness (QED) is 0.334. The summed E-state index contributed by atoms with van der Waals surface area (Å²) in [6.45, 7) is 0. The van der Waals surface area contributed by atoms with Crippen LogP contribution in [0.2, 0.25) is 0 Å². The Morgan fingerprint density at radius 3 is 1.25 bits per heavy atom. The van der Waals surface area contributed by atoms with E-state index in [1.54, 1.807) is 0 Å². The predicted octanol–water partition coefficient (Wildman–Crippen LogP) is 0.936. The van der Waals surface area contributed by atoms with Crippen LogP contribution >= 0.6 is 10.1 Å². The van der Waals surface area contributed by atoms with Crippen LogP contribution in [0.3, 0.4) is 0 Å². The van der Waals surface area contributed by atoms with Crippen molar-refractivity contribution in [3.63, 3.8) is 0 Å². The van der Waals surface area contributed by atoms with Crippen molar-refractivity contribution in [2.45, 2.75) is 0 Å². The number of terminal acetylenes is 1. The Hall–Kier alpha value is 0.369. The molecule has 0 fully saturated rings. The van der Waals surface area contributed by atoms with Gasteiger partial charge in [-0.05, 0) is 0 Å². The average Bonchev–Trinajstić information content (AvgIpc) is 1.50. The van der Waals surface area contributed by atoms with Gasteiger partial charge in [-0.25, -0.2) is 0 Å². The number of hydrogen-bond acceptors (Lipinski definition) is 0. The second-order valence-corrected chi connectivity index (χ2v) is 0. The van der Waals surface area contributed by atoms with Crippen LogP contribution < -0.4 is 0 Å². The fourth-order valence-electron chi connectivity index (χ4n) is 0. The first-order valence-corrected chi connectivity index (χ1v) is 1.74. The van der Waals surface area contributed by atoms with Crippen molar-refractivity contribution < 1.29 is 15.1 Å². The molecule has 0 spiro atoms. The second-order valence-electron chi connectivity index (χ2n) is 0. The molecule has 0 amide bonds. The van der Waals surface area contributed by atoms with Crippen molar-refractivity contribution in [3.8, 4) is 12.8 Å². The van der Waals surface area contributed by atoms with Gasteiger partial charge in [-0.1, -0.05) is 0 Å². The summed E-state index contributed by atoms with van der Waals surface area (Å²) in [5, 5.41) is 0. The van der Waals surface area contributed by atoms with Crippen LogP contribution in [-0.2, 0) is 15.1 Å². The summed E-state index contributed by atoms with van der Waals surface area (Å²) in [6.07, 6.45) is 8.00. The van der Waals surface area contributed by atoms with Gasteiger partial charge in [0.05, 0.1) is 0 Å². The molecular weight excluding hydrogens is 123 g/mol. The van der Waals surface area contributed by atoms with E-state index in [0.29, 0.717) is 0 Å². The first-order chi connectivity index (χ1) is 2.00. The molecule has 0 heterocycles. The summed E-state index contributed by atoms with van der Waals surface area (Å²) in [4.78, 5) is 0. The Bertz CT molecular complexity index is 10.8. The van der Waals surface area contributed by atoms with Crippen molar-refractivity contribution in [2.24, 2.45) is 0 Å². The molecule has 2 heteroatoms. The fourth-order valence-corrected chi connectivity index (χ4v) is 0. The van der Waals surface area contributed by atoms with E-state index in [1.807, 2.05) is 0 Å². The molecule has 0 rings (SSSR count). The van der Waals surface area contributed by atoms with Gasteiger partial charge in [-0.3, -0.25) is 0 Å². The summed E-state index contributed by atoms with van der Waals surface area (Å²) in [5.74, 6) is 0. The average molecular weight is 125 g/mol. The topological polar surface area (TPSA) is 0 Å². The molecule has 0 atom stereocenters. The molecule has 0 bridgehead atoms. The van der Waals surface area contributed by atoms with Crippen LogP contribution in [0.15, 0.2) is 0 Å². The first kappa shape index (κ1) is 8.84. The molecule has 0 nitrogen and oxygen atoms in total. The minimum atomic E-state index is 3.66. The van der Waals surface area contributed by atoms with E-state index in [9.17, 15) is 0 Å². The summed E-state index contributed by atoms with van der Waals surface area (Å²) in [7, 11) is 4.20. The summed E-state index contributed by atoms with van der Waals surface area (Å²) in [5.41, 5.74) is 0. The first-order valence-electron chi connectivity index (χ1n) is 0.447. The molecular formula is C2H2ClCu. The Morgan fingerprint density at radius 2 is 1.25 bits per heavy atom. The molecule has 28 valence electrons. The molecule has 0 aliphatic carbocycles. The van der Waals surface area contributed by atoms with Gasteiger partial charge in [0.15, 0.2) is 0 Å². The Labute approximate surface area is 38.6 Å². The molecule has 0 unspecified atom stereocenters. The Kier molecular flexibility index (Phi) is 306. The number of hydrogen-bond donors (Lipinski definition) is 0. The Balaban J connectivity index is 0. The molecule has 0 N–H and O–H groups in total. The van der Waals surface area contributed by atoms with E-state index in [-0.39, 0.29) is 0 Å². The maximum atomic E-state index is 4.20. The zero-order chi connectivity index (χ0) is 4.00. The van der Waals surface area contributed by atoms with Crippen molar-refractivity contribution in [1.82, 2.24) is 0 Å². The zero-order valence-electron chi connectivity index (χ0n) is 1.83. The third-order valence-electron chi connectivity index (χ3n) is 0. The predicted molar refractivity (Wildman–Crippen MR) is 15.7 cm³/mol. The van der Waals surface area contributed by atoms with Gasteiger partial charge in [0.25, 0.3) is 0 Å². The molecule has 4 heavy (non-hydrogen) atoms. The zero-order valence-corrected chi connectivity index (χ0v) is 3.53. The van der Waals surface area contributed by atoms with E-state index >= 15 is 0 Å². The van der Waals surface area contributed by atoms with Gasteiger partial charge in [0.2, 0.25) is 0 Å². The summed E-state index contributed by atoms with van der Waals surface area (Å²) < 4.78 is 0. The molecule has 0 aromatic heterocycles. The van der Waals surface area contributed by atoms with Crippen LogP contribution in [-0.4, -0.2) is 0 Å². The minimum absolute atomic E-state index is 3.66. The van der Waals surface area contributed by atoms with E-state index in [1.165, 1.54) is 0 Å². The van der Waals surface area contributed by atoms with Crippen LogP contribution in [0.4, 0.5) is 0 Å².